The van der Waals surface area contributed by atoms with Gasteiger partial charge in [0.05, 0.1) is 0 Å². The van der Waals surface area contributed by atoms with Crippen LogP contribution in [0.1, 0.15) is 44.7 Å². The lowest BCUT2D eigenvalue weighted by Gasteiger charge is -2.43. The maximum atomic E-state index is 2.54. The summed E-state index contributed by atoms with van der Waals surface area (Å²) in [5, 5.41) is 0. The summed E-state index contributed by atoms with van der Waals surface area (Å²) in [5.41, 5.74) is 6.02. The molecule has 1 aliphatic heterocycles. The third-order valence-corrected chi connectivity index (χ3v) is 5.22. The summed E-state index contributed by atoms with van der Waals surface area (Å²) in [7, 11) is 2.28. The molecule has 1 fully saturated rings. The quantitative estimate of drug-likeness (QED) is 0.693. The Bertz CT molecular complexity index is 650. The lowest BCUT2D eigenvalue weighted by Crippen LogP contribution is -2.45. The molecule has 1 heteroatoms. The van der Waals surface area contributed by atoms with Crippen molar-refractivity contribution >= 4 is 5.57 Å². The van der Waals surface area contributed by atoms with Crippen molar-refractivity contribution in [3.8, 4) is 0 Å². The van der Waals surface area contributed by atoms with Crippen molar-refractivity contribution in [2.24, 2.45) is 5.41 Å². The van der Waals surface area contributed by atoms with E-state index in [9.17, 15) is 0 Å². The van der Waals surface area contributed by atoms with Crippen molar-refractivity contribution in [2.45, 2.75) is 39.7 Å². The molecule has 0 saturated carbocycles. The van der Waals surface area contributed by atoms with Crippen LogP contribution >= 0.6 is 0 Å². The molecule has 0 N–H and O–H groups in total. The molecule has 3 rings (SSSR count). The zero-order valence-corrected chi connectivity index (χ0v) is 15.4. The van der Waals surface area contributed by atoms with Gasteiger partial charge in [0, 0.05) is 12.6 Å². The monoisotopic (exact) mass is 319 g/mol. The van der Waals surface area contributed by atoms with Crippen molar-refractivity contribution in [3.05, 3.63) is 77.4 Å². The molecule has 24 heavy (non-hydrogen) atoms. The van der Waals surface area contributed by atoms with Gasteiger partial charge < -0.3 is 4.90 Å². The molecule has 126 valence electrons. The van der Waals surface area contributed by atoms with Crippen LogP contribution in [-0.4, -0.2) is 24.5 Å². The molecular formula is C23H29N. The summed E-state index contributed by atoms with van der Waals surface area (Å²) in [6.45, 7) is 8.23. The van der Waals surface area contributed by atoms with Crippen LogP contribution < -0.4 is 0 Å². The summed E-state index contributed by atoms with van der Waals surface area (Å²) in [6.07, 6.45) is 2.31. The van der Waals surface area contributed by atoms with Gasteiger partial charge in [0.25, 0.3) is 0 Å². The molecule has 0 radical (unpaired) electrons. The number of benzene rings is 2. The minimum absolute atomic E-state index is 0.291. The Morgan fingerprint density at radius 1 is 0.875 bits per heavy atom. The van der Waals surface area contributed by atoms with Crippen LogP contribution in [0.15, 0.2) is 66.2 Å². The van der Waals surface area contributed by atoms with Gasteiger partial charge in [0.1, 0.15) is 0 Å². The Hall–Kier alpha value is -1.86. The van der Waals surface area contributed by atoms with Gasteiger partial charge in [0.15, 0.2) is 0 Å². The van der Waals surface area contributed by atoms with Gasteiger partial charge in [0.2, 0.25) is 0 Å². The fourth-order valence-electron chi connectivity index (χ4n) is 3.94. The van der Waals surface area contributed by atoms with E-state index in [2.05, 4.69) is 93.4 Å². The first kappa shape index (κ1) is 17.0. The minimum Gasteiger partial charge on any atom is -0.302 e. The Kier molecular flexibility index (Phi) is 4.91. The zero-order chi connectivity index (χ0) is 17.2. The van der Waals surface area contributed by atoms with Crippen molar-refractivity contribution in [1.29, 1.82) is 0 Å². The Balaban J connectivity index is 2.09. The van der Waals surface area contributed by atoms with Crippen molar-refractivity contribution in [2.75, 3.05) is 13.6 Å². The molecule has 1 atom stereocenters. The van der Waals surface area contributed by atoms with E-state index in [1.165, 1.54) is 16.7 Å². The zero-order valence-electron chi connectivity index (χ0n) is 15.4. The lowest BCUT2D eigenvalue weighted by molar-refractivity contribution is 0.109. The van der Waals surface area contributed by atoms with E-state index in [1.807, 2.05) is 0 Å². The van der Waals surface area contributed by atoms with Gasteiger partial charge in [-0.05, 0) is 42.0 Å². The van der Waals surface area contributed by atoms with Crippen LogP contribution in [0.2, 0.25) is 0 Å². The molecule has 1 saturated heterocycles. The minimum atomic E-state index is 0.291. The third-order valence-electron chi connectivity index (χ3n) is 5.22. The first-order chi connectivity index (χ1) is 11.5. The summed E-state index contributed by atoms with van der Waals surface area (Å²) in [4.78, 5) is 2.54. The topological polar surface area (TPSA) is 3.24 Å². The van der Waals surface area contributed by atoms with E-state index < -0.39 is 0 Å². The second-order valence-corrected chi connectivity index (χ2v) is 8.03. The van der Waals surface area contributed by atoms with Crippen LogP contribution in [0.3, 0.4) is 0 Å². The molecule has 1 heterocycles. The van der Waals surface area contributed by atoms with E-state index in [1.54, 1.807) is 5.57 Å². The number of rotatable bonds is 2. The van der Waals surface area contributed by atoms with Gasteiger partial charge in [-0.15, -0.1) is 0 Å². The number of likely N-dealkylation sites (tertiary alicyclic amines) is 1. The normalized spacial score (nSPS) is 19.3. The summed E-state index contributed by atoms with van der Waals surface area (Å²) < 4.78 is 0. The van der Waals surface area contributed by atoms with Crippen molar-refractivity contribution in [3.63, 3.8) is 0 Å². The Labute approximate surface area is 147 Å². The molecule has 0 spiro atoms. The van der Waals surface area contributed by atoms with Gasteiger partial charge >= 0.3 is 0 Å². The molecule has 1 unspecified atom stereocenters. The van der Waals surface area contributed by atoms with Crippen LogP contribution in [0.25, 0.3) is 5.57 Å². The highest BCUT2D eigenvalue weighted by Gasteiger charge is 2.33. The number of piperidine rings is 1. The predicted octanol–water partition coefficient (Wildman–Crippen LogP) is 5.63. The van der Waals surface area contributed by atoms with Crippen LogP contribution in [-0.2, 0) is 0 Å². The maximum absolute atomic E-state index is 2.54. The predicted molar refractivity (Wildman–Crippen MR) is 104 cm³/mol. The molecule has 2 aromatic carbocycles. The smallest absolute Gasteiger partial charge is 0.0178 e. The van der Waals surface area contributed by atoms with Crippen molar-refractivity contribution in [1.82, 2.24) is 4.90 Å². The first-order valence-corrected chi connectivity index (χ1v) is 9.00. The molecular weight excluding hydrogens is 290 g/mol. The molecule has 1 aliphatic rings. The summed E-state index contributed by atoms with van der Waals surface area (Å²) in [6, 6.07) is 22.4. The Morgan fingerprint density at radius 3 is 1.83 bits per heavy atom. The van der Waals surface area contributed by atoms with Crippen molar-refractivity contribution < 1.29 is 0 Å². The number of nitrogens with zero attached hydrogens (tertiary/aromatic N) is 1. The average molecular weight is 319 g/mol. The molecule has 1 nitrogen and oxygen atoms in total. The van der Waals surface area contributed by atoms with Gasteiger partial charge in [-0.25, -0.2) is 0 Å². The second kappa shape index (κ2) is 6.94. The molecule has 0 aliphatic carbocycles. The van der Waals surface area contributed by atoms with Gasteiger partial charge in [-0.3, -0.25) is 0 Å². The lowest BCUT2D eigenvalue weighted by atomic mass is 9.77. The molecule has 0 bridgehead atoms. The fourth-order valence-corrected chi connectivity index (χ4v) is 3.94. The van der Waals surface area contributed by atoms with Crippen LogP contribution in [0, 0.1) is 5.41 Å². The van der Waals surface area contributed by atoms with E-state index in [4.69, 9.17) is 0 Å². The van der Waals surface area contributed by atoms with E-state index in [0.717, 1.165) is 19.4 Å². The molecule has 0 aromatic heterocycles. The standard InChI is InChI=1S/C23H29N/c1-23(2,3)21-17-20(15-16-24(21)4)22(18-11-7-5-8-12-18)19-13-9-6-10-14-19/h5-14,21H,15-17H2,1-4H3. The summed E-state index contributed by atoms with van der Waals surface area (Å²) in [5.74, 6) is 0. The third kappa shape index (κ3) is 3.62. The van der Waals surface area contributed by atoms with Gasteiger partial charge in [-0.2, -0.15) is 0 Å². The highest BCUT2D eigenvalue weighted by atomic mass is 15.1. The highest BCUT2D eigenvalue weighted by Crippen LogP contribution is 2.38. The molecule has 0 amide bonds. The second-order valence-electron chi connectivity index (χ2n) is 8.03. The van der Waals surface area contributed by atoms with E-state index >= 15 is 0 Å². The molecule has 2 aromatic rings. The number of hydrogen-bond acceptors (Lipinski definition) is 1. The highest BCUT2D eigenvalue weighted by molar-refractivity contribution is 5.82. The number of hydrogen-bond donors (Lipinski definition) is 0. The average Bonchev–Trinajstić information content (AvgIpc) is 2.57. The van der Waals surface area contributed by atoms with E-state index in [-0.39, 0.29) is 0 Å². The maximum Gasteiger partial charge on any atom is 0.0178 e. The van der Waals surface area contributed by atoms with Gasteiger partial charge in [-0.1, -0.05) is 87.0 Å². The Morgan fingerprint density at radius 2 is 1.38 bits per heavy atom. The van der Waals surface area contributed by atoms with E-state index in [0.29, 0.717) is 11.5 Å². The SMILES string of the molecule is CN1CCC(=C(c2ccccc2)c2ccccc2)CC1C(C)(C)C. The first-order valence-electron chi connectivity index (χ1n) is 9.00. The van der Waals surface area contributed by atoms with Crippen LogP contribution in [0.5, 0.6) is 0 Å². The largest absolute Gasteiger partial charge is 0.302 e. The summed E-state index contributed by atoms with van der Waals surface area (Å²) >= 11 is 0. The fraction of sp³-hybridized carbons (Fsp3) is 0.391. The van der Waals surface area contributed by atoms with Crippen LogP contribution in [0.4, 0.5) is 0 Å².